The Labute approximate surface area is 116 Å². The highest BCUT2D eigenvalue weighted by atomic mass is 79.9. The molecule has 3 N–H and O–H groups in total. The summed E-state index contributed by atoms with van der Waals surface area (Å²) in [7, 11) is 0. The topological polar surface area (TPSA) is 69.6 Å². The van der Waals surface area contributed by atoms with E-state index in [9.17, 15) is 19.4 Å². The van der Waals surface area contributed by atoms with Gasteiger partial charge < -0.3 is 15.5 Å². The molecule has 19 heavy (non-hydrogen) atoms. The van der Waals surface area contributed by atoms with Crippen LogP contribution in [-0.2, 0) is 0 Å². The predicted molar refractivity (Wildman–Crippen MR) is 71.8 cm³/mol. The van der Waals surface area contributed by atoms with Crippen molar-refractivity contribution >= 4 is 27.5 Å². The van der Waals surface area contributed by atoms with E-state index in [0.717, 1.165) is 12.1 Å². The Kier molecular flexibility index (Phi) is 3.71. The van der Waals surface area contributed by atoms with E-state index in [1.54, 1.807) is 0 Å². The van der Waals surface area contributed by atoms with Gasteiger partial charge in [-0.25, -0.2) is 4.39 Å². The average molecular weight is 326 g/mol. The molecule has 0 saturated carbocycles. The first kappa shape index (κ1) is 13.4. The summed E-state index contributed by atoms with van der Waals surface area (Å²) in [6.07, 6.45) is 0. The van der Waals surface area contributed by atoms with E-state index in [-0.39, 0.29) is 27.2 Å². The molecule has 0 spiro atoms. The van der Waals surface area contributed by atoms with Crippen molar-refractivity contribution in [2.24, 2.45) is 0 Å². The zero-order valence-electron chi connectivity index (χ0n) is 9.52. The van der Waals surface area contributed by atoms with Crippen LogP contribution in [-0.4, -0.2) is 16.1 Å². The molecule has 6 heteroatoms. The van der Waals surface area contributed by atoms with Gasteiger partial charge in [0.05, 0.1) is 10.0 Å². The highest BCUT2D eigenvalue weighted by Gasteiger charge is 2.13. The summed E-state index contributed by atoms with van der Waals surface area (Å²) in [6.45, 7) is 0. The molecule has 0 aliphatic heterocycles. The monoisotopic (exact) mass is 325 g/mol. The summed E-state index contributed by atoms with van der Waals surface area (Å²) in [5.74, 6) is -1.58. The normalized spacial score (nSPS) is 10.2. The zero-order valence-corrected chi connectivity index (χ0v) is 11.1. The van der Waals surface area contributed by atoms with Gasteiger partial charge in [0.2, 0.25) is 0 Å². The zero-order chi connectivity index (χ0) is 14.0. The molecule has 0 radical (unpaired) electrons. The molecule has 4 nitrogen and oxygen atoms in total. The summed E-state index contributed by atoms with van der Waals surface area (Å²) in [4.78, 5) is 11.9. The standard InChI is InChI=1S/C13H9BrFNO3/c14-10-3-1-7(5-11(10)15)16-13(19)9-6-8(17)2-4-12(9)18/h1-6,17-18H,(H,16,19). The van der Waals surface area contributed by atoms with Gasteiger partial charge in [0.1, 0.15) is 17.3 Å². The van der Waals surface area contributed by atoms with Gasteiger partial charge in [0.15, 0.2) is 0 Å². The maximum Gasteiger partial charge on any atom is 0.259 e. The van der Waals surface area contributed by atoms with Gasteiger partial charge >= 0.3 is 0 Å². The van der Waals surface area contributed by atoms with Crippen LogP contribution < -0.4 is 5.32 Å². The molecule has 98 valence electrons. The Morgan fingerprint density at radius 3 is 2.58 bits per heavy atom. The summed E-state index contributed by atoms with van der Waals surface area (Å²) < 4.78 is 13.6. The summed E-state index contributed by atoms with van der Waals surface area (Å²) >= 11 is 3.00. The molecule has 0 bridgehead atoms. The van der Waals surface area contributed by atoms with Gasteiger partial charge in [-0.05, 0) is 52.3 Å². The molecule has 0 aromatic heterocycles. The molecule has 0 aliphatic rings. The van der Waals surface area contributed by atoms with E-state index in [2.05, 4.69) is 21.2 Å². The largest absolute Gasteiger partial charge is 0.508 e. The molecule has 2 aromatic carbocycles. The van der Waals surface area contributed by atoms with Crippen molar-refractivity contribution in [3.8, 4) is 11.5 Å². The van der Waals surface area contributed by atoms with Crippen molar-refractivity contribution < 1.29 is 19.4 Å². The first-order valence-corrected chi connectivity index (χ1v) is 6.05. The van der Waals surface area contributed by atoms with Gasteiger partial charge in [-0.1, -0.05) is 0 Å². The van der Waals surface area contributed by atoms with Crippen molar-refractivity contribution in [2.75, 3.05) is 5.32 Å². The van der Waals surface area contributed by atoms with Crippen LogP contribution in [0.25, 0.3) is 0 Å². The smallest absolute Gasteiger partial charge is 0.259 e. The molecule has 0 atom stereocenters. The number of nitrogens with one attached hydrogen (secondary N) is 1. The third-order valence-electron chi connectivity index (χ3n) is 2.40. The Morgan fingerprint density at radius 2 is 1.89 bits per heavy atom. The van der Waals surface area contributed by atoms with Crippen molar-refractivity contribution in [1.82, 2.24) is 0 Å². The summed E-state index contributed by atoms with van der Waals surface area (Å²) in [5, 5.41) is 21.2. The highest BCUT2D eigenvalue weighted by Crippen LogP contribution is 2.24. The number of carbonyl (C=O) groups is 1. The number of phenols is 2. The Balaban J connectivity index is 2.25. The van der Waals surface area contributed by atoms with Gasteiger partial charge in [-0.3, -0.25) is 4.79 Å². The lowest BCUT2D eigenvalue weighted by atomic mass is 10.1. The van der Waals surface area contributed by atoms with Gasteiger partial charge in [-0.15, -0.1) is 0 Å². The fraction of sp³-hybridized carbons (Fsp3) is 0. The SMILES string of the molecule is O=C(Nc1ccc(Br)c(F)c1)c1cc(O)ccc1O. The number of hydrogen-bond donors (Lipinski definition) is 3. The molecule has 0 aliphatic carbocycles. The second-order valence-electron chi connectivity index (χ2n) is 3.78. The quantitative estimate of drug-likeness (QED) is 0.742. The highest BCUT2D eigenvalue weighted by molar-refractivity contribution is 9.10. The Morgan fingerprint density at radius 1 is 1.16 bits per heavy atom. The second-order valence-corrected chi connectivity index (χ2v) is 4.64. The number of amides is 1. The van der Waals surface area contributed by atoms with Crippen LogP contribution >= 0.6 is 15.9 Å². The maximum atomic E-state index is 13.3. The third-order valence-corrected chi connectivity index (χ3v) is 3.05. The minimum absolute atomic E-state index is 0.0941. The van der Waals surface area contributed by atoms with E-state index in [1.165, 1.54) is 24.3 Å². The first-order chi connectivity index (χ1) is 8.97. The molecule has 1 amide bonds. The van der Waals surface area contributed by atoms with Gasteiger partial charge in [0, 0.05) is 5.69 Å². The number of phenolic OH excluding ortho intramolecular Hbond substituents is 2. The minimum Gasteiger partial charge on any atom is -0.508 e. The van der Waals surface area contributed by atoms with Crippen LogP contribution in [0.15, 0.2) is 40.9 Å². The molecular formula is C13H9BrFNO3. The fourth-order valence-electron chi connectivity index (χ4n) is 1.48. The van der Waals surface area contributed by atoms with Crippen LogP contribution in [0.4, 0.5) is 10.1 Å². The fourth-order valence-corrected chi connectivity index (χ4v) is 1.72. The summed E-state index contributed by atoms with van der Waals surface area (Å²) in [5.41, 5.74) is 0.150. The lowest BCUT2D eigenvalue weighted by molar-refractivity contribution is 0.102. The molecule has 0 fully saturated rings. The maximum absolute atomic E-state index is 13.3. The van der Waals surface area contributed by atoms with E-state index >= 15 is 0 Å². The number of rotatable bonds is 2. The Bertz CT molecular complexity index is 646. The van der Waals surface area contributed by atoms with Crippen LogP contribution in [0.2, 0.25) is 0 Å². The van der Waals surface area contributed by atoms with E-state index < -0.39 is 11.7 Å². The molecule has 2 aromatic rings. The van der Waals surface area contributed by atoms with Crippen molar-refractivity contribution in [3.05, 3.63) is 52.3 Å². The van der Waals surface area contributed by atoms with E-state index in [0.29, 0.717) is 0 Å². The van der Waals surface area contributed by atoms with Gasteiger partial charge in [-0.2, -0.15) is 0 Å². The summed E-state index contributed by atoms with van der Waals surface area (Å²) in [6, 6.07) is 7.68. The molecule has 0 unspecified atom stereocenters. The lowest BCUT2D eigenvalue weighted by Gasteiger charge is -2.07. The molecule has 0 saturated heterocycles. The molecular weight excluding hydrogens is 317 g/mol. The molecule has 0 heterocycles. The second kappa shape index (κ2) is 5.27. The third kappa shape index (κ3) is 3.03. The average Bonchev–Trinajstić information content (AvgIpc) is 2.36. The van der Waals surface area contributed by atoms with Crippen molar-refractivity contribution in [1.29, 1.82) is 0 Å². The lowest BCUT2D eigenvalue weighted by Crippen LogP contribution is -2.12. The van der Waals surface area contributed by atoms with Crippen LogP contribution in [0.1, 0.15) is 10.4 Å². The van der Waals surface area contributed by atoms with E-state index in [1.807, 2.05) is 0 Å². The van der Waals surface area contributed by atoms with Crippen LogP contribution in [0, 0.1) is 5.82 Å². The van der Waals surface area contributed by atoms with Crippen LogP contribution in [0.3, 0.4) is 0 Å². The number of hydrogen-bond acceptors (Lipinski definition) is 3. The number of aromatic hydroxyl groups is 2. The van der Waals surface area contributed by atoms with Crippen LogP contribution in [0.5, 0.6) is 11.5 Å². The van der Waals surface area contributed by atoms with Crippen molar-refractivity contribution in [2.45, 2.75) is 0 Å². The van der Waals surface area contributed by atoms with Gasteiger partial charge in [0.25, 0.3) is 5.91 Å². The first-order valence-electron chi connectivity index (χ1n) is 5.26. The Hall–Kier alpha value is -2.08. The van der Waals surface area contributed by atoms with Crippen molar-refractivity contribution in [3.63, 3.8) is 0 Å². The predicted octanol–water partition coefficient (Wildman–Crippen LogP) is 3.25. The number of anilines is 1. The number of halogens is 2. The minimum atomic E-state index is -0.643. The number of benzene rings is 2. The number of carbonyl (C=O) groups excluding carboxylic acids is 1. The molecule has 2 rings (SSSR count). The van der Waals surface area contributed by atoms with E-state index in [4.69, 9.17) is 0 Å².